The van der Waals surface area contributed by atoms with E-state index < -0.39 is 52.0 Å². The number of nitrogens with zero attached hydrogens (tertiary/aromatic N) is 4. The zero-order chi connectivity index (χ0) is 31.2. The normalized spacial score (nSPS) is 22.5. The van der Waals surface area contributed by atoms with E-state index in [2.05, 4.69) is 30.5 Å². The largest absolute Gasteiger partial charge is 0.474 e. The standard InChI is InChI=1S/C29H34F5N7O3/c1-14-10-16-11-17(37-16)13-36-26-20-25(39-28(40-26)43-7-3-4-41-5-8-42-9-6-41)23(31)24(38-27(20)44-14)18-12-19(35)22(30)15(2)21(18)29(32,33)34/h12,14,16-17,37H,3-11,13,35H2,1-2H3,(H,36,39,40)/t14-,16?,17?/m0/s1. The SMILES string of the molecule is Cc1c(F)c(N)cc(-c2nc3c4c(nc(OCCCN5CCOCC5)nc4c2F)NCC2CC(C[C@H](C)O3)N2)c1C(F)(F)F. The van der Waals surface area contributed by atoms with Crippen molar-refractivity contribution in [1.29, 1.82) is 0 Å². The molecule has 44 heavy (non-hydrogen) atoms. The van der Waals surface area contributed by atoms with Crippen molar-refractivity contribution in [2.24, 2.45) is 0 Å². The highest BCUT2D eigenvalue weighted by Gasteiger charge is 2.39. The zero-order valence-electron chi connectivity index (χ0n) is 24.4. The summed E-state index contributed by atoms with van der Waals surface area (Å²) in [7, 11) is 0. The number of nitrogens with one attached hydrogen (secondary N) is 2. The van der Waals surface area contributed by atoms with E-state index in [0.717, 1.165) is 39.0 Å². The third-order valence-electron chi connectivity index (χ3n) is 8.24. The number of hydrogen-bond donors (Lipinski definition) is 3. The van der Waals surface area contributed by atoms with Gasteiger partial charge < -0.3 is 30.6 Å². The molecule has 2 fully saturated rings. The summed E-state index contributed by atoms with van der Waals surface area (Å²) in [6, 6.07) is 0.887. The van der Waals surface area contributed by atoms with E-state index in [4.69, 9.17) is 19.9 Å². The summed E-state index contributed by atoms with van der Waals surface area (Å²) in [5.41, 5.74) is 1.22. The molecule has 2 saturated heterocycles. The zero-order valence-corrected chi connectivity index (χ0v) is 24.4. The van der Waals surface area contributed by atoms with Crippen LogP contribution in [-0.4, -0.2) is 84.0 Å². The van der Waals surface area contributed by atoms with Crippen molar-refractivity contribution in [2.75, 3.05) is 57.1 Å². The van der Waals surface area contributed by atoms with Gasteiger partial charge in [-0.2, -0.15) is 23.1 Å². The monoisotopic (exact) mass is 623 g/mol. The van der Waals surface area contributed by atoms with Crippen LogP contribution >= 0.6 is 0 Å². The van der Waals surface area contributed by atoms with Crippen LogP contribution in [0.1, 0.15) is 37.3 Å². The van der Waals surface area contributed by atoms with Crippen molar-refractivity contribution in [1.82, 2.24) is 25.2 Å². The fraction of sp³-hybridized carbons (Fsp3) is 0.552. The molecule has 0 amide bonds. The fourth-order valence-corrected chi connectivity index (χ4v) is 6.04. The van der Waals surface area contributed by atoms with Gasteiger partial charge in [0.25, 0.3) is 0 Å². The third kappa shape index (κ3) is 6.04. The second kappa shape index (κ2) is 12.1. The van der Waals surface area contributed by atoms with Gasteiger partial charge in [-0.25, -0.2) is 13.8 Å². The second-order valence-corrected chi connectivity index (χ2v) is 11.5. The number of benzene rings is 1. The molecule has 0 radical (unpaired) electrons. The summed E-state index contributed by atoms with van der Waals surface area (Å²) < 4.78 is 91.3. The van der Waals surface area contributed by atoms with Crippen LogP contribution in [0.2, 0.25) is 0 Å². The summed E-state index contributed by atoms with van der Waals surface area (Å²) in [6.45, 7) is 7.10. The van der Waals surface area contributed by atoms with Crippen molar-refractivity contribution >= 4 is 22.4 Å². The molecule has 6 heterocycles. The Morgan fingerprint density at radius 3 is 2.57 bits per heavy atom. The number of morpholine rings is 1. The Labute approximate surface area is 250 Å². The summed E-state index contributed by atoms with van der Waals surface area (Å²) in [4.78, 5) is 15.3. The first kappa shape index (κ1) is 30.5. The Kier molecular flexibility index (Phi) is 8.37. The molecule has 238 valence electrons. The van der Waals surface area contributed by atoms with Crippen LogP contribution in [0.5, 0.6) is 11.9 Å². The minimum absolute atomic E-state index is 0.0678. The van der Waals surface area contributed by atoms with Crippen molar-refractivity contribution in [3.63, 3.8) is 0 Å². The first-order chi connectivity index (χ1) is 21.0. The van der Waals surface area contributed by atoms with Gasteiger partial charge in [0.05, 0.1) is 37.2 Å². The van der Waals surface area contributed by atoms with Gasteiger partial charge >= 0.3 is 12.2 Å². The molecule has 3 aromatic rings. The topological polar surface area (TPSA) is 120 Å². The summed E-state index contributed by atoms with van der Waals surface area (Å²) in [5, 5.41) is 6.72. The Morgan fingerprint density at radius 2 is 1.84 bits per heavy atom. The van der Waals surface area contributed by atoms with Gasteiger partial charge in [0.15, 0.2) is 5.82 Å². The maximum Gasteiger partial charge on any atom is 0.417 e. The summed E-state index contributed by atoms with van der Waals surface area (Å²) in [6.07, 6.45) is -3.39. The van der Waals surface area contributed by atoms with Gasteiger partial charge in [0, 0.05) is 43.8 Å². The summed E-state index contributed by atoms with van der Waals surface area (Å²) in [5.74, 6) is -2.38. The van der Waals surface area contributed by atoms with E-state index in [-0.39, 0.29) is 47.3 Å². The highest BCUT2D eigenvalue weighted by atomic mass is 19.4. The molecular formula is C29H34F5N7O3. The van der Waals surface area contributed by atoms with Crippen LogP contribution in [0.3, 0.4) is 0 Å². The molecule has 2 bridgehead atoms. The lowest BCUT2D eigenvalue weighted by Crippen LogP contribution is -2.56. The number of fused-ring (bicyclic) bond motifs is 3. The van der Waals surface area contributed by atoms with E-state index in [1.807, 2.05) is 0 Å². The number of halogens is 5. The van der Waals surface area contributed by atoms with Crippen LogP contribution in [0, 0.1) is 18.6 Å². The van der Waals surface area contributed by atoms with E-state index >= 15 is 4.39 Å². The number of nitrogen functional groups attached to an aromatic ring is 1. The molecule has 15 heteroatoms. The highest BCUT2D eigenvalue weighted by molar-refractivity contribution is 5.96. The number of aromatic nitrogens is 3. The van der Waals surface area contributed by atoms with Gasteiger partial charge in [-0.15, -0.1) is 0 Å². The number of nitrogens with two attached hydrogens (primary N) is 1. The van der Waals surface area contributed by atoms with Crippen LogP contribution in [0.25, 0.3) is 22.2 Å². The second-order valence-electron chi connectivity index (χ2n) is 11.5. The van der Waals surface area contributed by atoms with E-state index in [9.17, 15) is 17.6 Å². The number of rotatable bonds is 6. The molecule has 2 aromatic heterocycles. The van der Waals surface area contributed by atoms with E-state index in [1.165, 1.54) is 0 Å². The molecule has 4 aliphatic heterocycles. The van der Waals surface area contributed by atoms with Gasteiger partial charge in [-0.3, -0.25) is 4.90 Å². The molecule has 7 rings (SSSR count). The predicted molar refractivity (Wildman–Crippen MR) is 153 cm³/mol. The molecule has 4 aliphatic rings. The Morgan fingerprint density at radius 1 is 1.09 bits per heavy atom. The lowest BCUT2D eigenvalue weighted by atomic mass is 9.92. The molecule has 0 aliphatic carbocycles. The maximum absolute atomic E-state index is 16.5. The minimum Gasteiger partial charge on any atom is -0.474 e. The molecule has 4 N–H and O–H groups in total. The highest BCUT2D eigenvalue weighted by Crippen LogP contribution is 2.45. The molecule has 1 aromatic carbocycles. The third-order valence-corrected chi connectivity index (χ3v) is 8.24. The summed E-state index contributed by atoms with van der Waals surface area (Å²) >= 11 is 0. The van der Waals surface area contributed by atoms with E-state index in [1.54, 1.807) is 6.92 Å². The van der Waals surface area contributed by atoms with Crippen molar-refractivity contribution < 1.29 is 36.2 Å². The first-order valence-corrected chi connectivity index (χ1v) is 14.7. The molecule has 0 saturated carbocycles. The fourth-order valence-electron chi connectivity index (χ4n) is 6.04. The van der Waals surface area contributed by atoms with Crippen LogP contribution in [-0.2, 0) is 10.9 Å². The number of ether oxygens (including phenoxy) is 3. The molecule has 0 spiro atoms. The van der Waals surface area contributed by atoms with Crippen LogP contribution in [0.15, 0.2) is 6.07 Å². The Hall–Kier alpha value is -3.56. The molecule has 2 unspecified atom stereocenters. The minimum atomic E-state index is -5.04. The molecule has 3 atom stereocenters. The predicted octanol–water partition coefficient (Wildman–Crippen LogP) is 4.29. The van der Waals surface area contributed by atoms with Crippen molar-refractivity contribution in [2.45, 2.75) is 57.5 Å². The van der Waals surface area contributed by atoms with Crippen molar-refractivity contribution in [3.8, 4) is 23.1 Å². The quantitative estimate of drug-likeness (QED) is 0.208. The van der Waals surface area contributed by atoms with Crippen molar-refractivity contribution in [3.05, 3.63) is 28.8 Å². The van der Waals surface area contributed by atoms with Gasteiger partial charge in [0.1, 0.15) is 28.2 Å². The molecular weight excluding hydrogens is 589 g/mol. The van der Waals surface area contributed by atoms with Gasteiger partial charge in [-0.1, -0.05) is 0 Å². The van der Waals surface area contributed by atoms with Crippen LogP contribution < -0.4 is 25.8 Å². The Balaban J connectivity index is 1.46. The lowest BCUT2D eigenvalue weighted by Gasteiger charge is -2.38. The van der Waals surface area contributed by atoms with E-state index in [0.29, 0.717) is 32.6 Å². The van der Waals surface area contributed by atoms with Gasteiger partial charge in [-0.05, 0) is 44.7 Å². The average Bonchev–Trinajstić information content (AvgIpc) is 2.99. The Bertz CT molecular complexity index is 1540. The first-order valence-electron chi connectivity index (χ1n) is 14.7. The average molecular weight is 624 g/mol. The molecule has 10 nitrogen and oxygen atoms in total. The maximum atomic E-state index is 16.5. The number of alkyl halides is 3. The number of hydrogen-bond acceptors (Lipinski definition) is 10. The smallest absolute Gasteiger partial charge is 0.417 e. The number of pyridine rings is 1. The lowest BCUT2D eigenvalue weighted by molar-refractivity contribution is -0.137. The van der Waals surface area contributed by atoms with Crippen LogP contribution in [0.4, 0.5) is 33.5 Å². The van der Waals surface area contributed by atoms with Gasteiger partial charge in [0.2, 0.25) is 5.88 Å². The number of anilines is 2.